The molecule has 0 spiro atoms. The van der Waals surface area contributed by atoms with Crippen LogP contribution in [0.25, 0.3) is 11.0 Å². The van der Waals surface area contributed by atoms with E-state index in [9.17, 15) is 27.6 Å². The van der Waals surface area contributed by atoms with Crippen LogP contribution < -0.4 is 10.9 Å². The molecule has 0 aliphatic rings. The van der Waals surface area contributed by atoms with Crippen LogP contribution >= 0.6 is 0 Å². The Morgan fingerprint density at radius 2 is 1.74 bits per heavy atom. The van der Waals surface area contributed by atoms with Crippen molar-refractivity contribution >= 4 is 28.4 Å². The van der Waals surface area contributed by atoms with Crippen LogP contribution in [-0.2, 0) is 12.6 Å². The SMILES string of the molecule is CC(=O)c1ccc(Cc2ccc(NC(=O)c3ccc(C)c(C#Cc4cnc5[nH]c(=O)ccc5c4)c3)cc2C(F)(F)F)cn1. The third-order valence-electron chi connectivity index (χ3n) is 6.67. The number of rotatable bonds is 5. The van der Waals surface area contributed by atoms with E-state index < -0.39 is 17.6 Å². The molecule has 0 radical (unpaired) electrons. The zero-order chi connectivity index (χ0) is 30.7. The molecule has 0 unspecified atom stereocenters. The van der Waals surface area contributed by atoms with Crippen molar-refractivity contribution in [3.05, 3.63) is 134 Å². The average molecular weight is 581 g/mol. The van der Waals surface area contributed by atoms with Crippen LogP contribution in [0.3, 0.4) is 0 Å². The van der Waals surface area contributed by atoms with Crippen molar-refractivity contribution in [2.75, 3.05) is 5.32 Å². The molecule has 0 aliphatic heterocycles. The topological polar surface area (TPSA) is 105 Å². The quantitative estimate of drug-likeness (QED) is 0.193. The zero-order valence-electron chi connectivity index (χ0n) is 23.0. The van der Waals surface area contributed by atoms with Crippen molar-refractivity contribution in [3.8, 4) is 11.8 Å². The summed E-state index contributed by atoms with van der Waals surface area (Å²) in [6.07, 6.45) is -1.82. The molecule has 7 nitrogen and oxygen atoms in total. The molecule has 214 valence electrons. The van der Waals surface area contributed by atoms with Gasteiger partial charge in [-0.25, -0.2) is 4.98 Å². The molecule has 5 rings (SSSR count). The van der Waals surface area contributed by atoms with Gasteiger partial charge in [-0.1, -0.05) is 30.0 Å². The molecule has 0 saturated heterocycles. The van der Waals surface area contributed by atoms with Crippen LogP contribution in [-0.4, -0.2) is 26.6 Å². The van der Waals surface area contributed by atoms with E-state index in [0.29, 0.717) is 27.7 Å². The second kappa shape index (κ2) is 11.7. The summed E-state index contributed by atoms with van der Waals surface area (Å²) in [5, 5.41) is 3.26. The van der Waals surface area contributed by atoms with Gasteiger partial charge < -0.3 is 10.3 Å². The number of nitrogens with one attached hydrogen (secondary N) is 2. The Hall–Kier alpha value is -5.56. The number of ketones is 1. The fourth-order valence-corrected chi connectivity index (χ4v) is 4.38. The van der Waals surface area contributed by atoms with Crippen molar-refractivity contribution in [1.29, 1.82) is 0 Å². The number of anilines is 1. The van der Waals surface area contributed by atoms with E-state index in [-0.39, 0.29) is 40.3 Å². The molecule has 5 aromatic rings. The van der Waals surface area contributed by atoms with Gasteiger partial charge in [-0.2, -0.15) is 13.2 Å². The molecule has 3 aromatic heterocycles. The molecule has 1 amide bonds. The highest BCUT2D eigenvalue weighted by atomic mass is 19.4. The van der Waals surface area contributed by atoms with E-state index >= 15 is 0 Å². The monoisotopic (exact) mass is 580 g/mol. The summed E-state index contributed by atoms with van der Waals surface area (Å²) in [5.41, 5.74) is 2.20. The lowest BCUT2D eigenvalue weighted by Crippen LogP contribution is -2.15. The maximum absolute atomic E-state index is 14.0. The molecule has 0 fully saturated rings. The molecule has 2 aromatic carbocycles. The Morgan fingerprint density at radius 3 is 2.47 bits per heavy atom. The fourth-order valence-electron chi connectivity index (χ4n) is 4.38. The van der Waals surface area contributed by atoms with E-state index in [2.05, 4.69) is 32.1 Å². The summed E-state index contributed by atoms with van der Waals surface area (Å²) >= 11 is 0. The number of benzene rings is 2. The number of hydrogen-bond donors (Lipinski definition) is 2. The first-order valence-corrected chi connectivity index (χ1v) is 13.1. The van der Waals surface area contributed by atoms with Crippen LogP contribution in [0.1, 0.15) is 61.2 Å². The molecule has 10 heteroatoms. The van der Waals surface area contributed by atoms with Crippen LogP contribution in [0, 0.1) is 18.8 Å². The predicted octanol–water partition coefficient (Wildman–Crippen LogP) is 6.09. The first-order valence-electron chi connectivity index (χ1n) is 13.1. The van der Waals surface area contributed by atoms with Gasteiger partial charge >= 0.3 is 6.18 Å². The number of carbonyl (C=O) groups excluding carboxylic acids is 2. The molecule has 0 bridgehead atoms. The van der Waals surface area contributed by atoms with Crippen LogP contribution in [0.2, 0.25) is 0 Å². The van der Waals surface area contributed by atoms with Crippen molar-refractivity contribution in [3.63, 3.8) is 0 Å². The van der Waals surface area contributed by atoms with Gasteiger partial charge in [-0.3, -0.25) is 19.4 Å². The molecule has 43 heavy (non-hydrogen) atoms. The zero-order valence-corrected chi connectivity index (χ0v) is 23.0. The first kappa shape index (κ1) is 29.0. The highest BCUT2D eigenvalue weighted by Crippen LogP contribution is 2.35. The molecule has 0 atom stereocenters. The maximum atomic E-state index is 14.0. The second-order valence-electron chi connectivity index (χ2n) is 9.87. The third-order valence-corrected chi connectivity index (χ3v) is 6.67. The first-order chi connectivity index (χ1) is 20.5. The van der Waals surface area contributed by atoms with E-state index in [1.54, 1.807) is 36.4 Å². The molecule has 3 heterocycles. The Bertz CT molecular complexity index is 2000. The summed E-state index contributed by atoms with van der Waals surface area (Å²) in [5.74, 6) is 5.19. The second-order valence-corrected chi connectivity index (χ2v) is 9.87. The van der Waals surface area contributed by atoms with Crippen LogP contribution in [0.4, 0.5) is 18.9 Å². The lowest BCUT2D eigenvalue weighted by atomic mass is 9.99. The van der Waals surface area contributed by atoms with Crippen molar-refractivity contribution < 1.29 is 22.8 Å². The minimum Gasteiger partial charge on any atom is -0.322 e. The number of aromatic amines is 1. The molecule has 2 N–H and O–H groups in total. The molecule has 0 saturated carbocycles. The van der Waals surface area contributed by atoms with Gasteiger partial charge in [0.2, 0.25) is 5.56 Å². The number of carbonyl (C=O) groups is 2. The highest BCUT2D eigenvalue weighted by Gasteiger charge is 2.33. The van der Waals surface area contributed by atoms with Crippen LogP contribution in [0.15, 0.2) is 83.9 Å². The number of H-pyrrole nitrogens is 1. The number of nitrogens with zero attached hydrogens (tertiary/aromatic N) is 2. The van der Waals surface area contributed by atoms with Gasteiger partial charge in [0.15, 0.2) is 5.78 Å². The summed E-state index contributed by atoms with van der Waals surface area (Å²) in [6, 6.07) is 16.3. The highest BCUT2D eigenvalue weighted by molar-refractivity contribution is 6.04. The van der Waals surface area contributed by atoms with Gasteiger partial charge in [0.25, 0.3) is 5.91 Å². The Labute approximate surface area is 243 Å². The van der Waals surface area contributed by atoms with E-state index in [4.69, 9.17) is 0 Å². The maximum Gasteiger partial charge on any atom is 0.416 e. The van der Waals surface area contributed by atoms with E-state index in [1.165, 1.54) is 43.6 Å². The fraction of sp³-hybridized carbons (Fsp3) is 0.121. The summed E-state index contributed by atoms with van der Waals surface area (Å²) in [4.78, 5) is 46.8. The van der Waals surface area contributed by atoms with Gasteiger partial charge in [0.1, 0.15) is 11.3 Å². The molecular weight excluding hydrogens is 557 g/mol. The normalized spacial score (nSPS) is 11.1. The number of pyridine rings is 3. The lowest BCUT2D eigenvalue weighted by molar-refractivity contribution is -0.138. The van der Waals surface area contributed by atoms with Crippen molar-refractivity contribution in [2.24, 2.45) is 0 Å². The Morgan fingerprint density at radius 1 is 0.930 bits per heavy atom. The summed E-state index contributed by atoms with van der Waals surface area (Å²) < 4.78 is 41.9. The molecule has 0 aliphatic carbocycles. The Balaban J connectivity index is 1.36. The number of fused-ring (bicyclic) bond motifs is 1. The third kappa shape index (κ3) is 6.85. The van der Waals surface area contributed by atoms with Gasteiger partial charge in [-0.05, 0) is 72.5 Å². The van der Waals surface area contributed by atoms with Gasteiger partial charge in [0.05, 0.1) is 5.56 Å². The minimum absolute atomic E-state index is 0.00492. The molecular formula is C33H23F3N4O3. The van der Waals surface area contributed by atoms with E-state index in [0.717, 1.165) is 11.6 Å². The van der Waals surface area contributed by atoms with Gasteiger partial charge in [0, 0.05) is 53.1 Å². The summed E-state index contributed by atoms with van der Waals surface area (Å²) in [6.45, 7) is 3.18. The lowest BCUT2D eigenvalue weighted by Gasteiger charge is -2.15. The largest absolute Gasteiger partial charge is 0.416 e. The standard InChI is InChI=1S/C33H23F3N4O3/c1-19-3-6-26(15-23(19)7-4-21-14-25-9-12-30(42)40-31(25)38-18-21)32(43)39-27-10-8-24(28(16-27)33(34,35)36)13-22-5-11-29(20(2)41)37-17-22/h3,5-6,8-12,14-18H,13H2,1-2H3,(H,39,43)(H,38,40,42). The van der Waals surface area contributed by atoms with E-state index in [1.807, 2.05) is 6.92 Å². The number of aromatic nitrogens is 3. The predicted molar refractivity (Wildman–Crippen MR) is 156 cm³/mol. The number of halogens is 3. The smallest absolute Gasteiger partial charge is 0.322 e. The number of aryl methyl sites for hydroxylation is 1. The van der Waals surface area contributed by atoms with Crippen LogP contribution in [0.5, 0.6) is 0 Å². The number of Topliss-reactive ketones (excluding diaryl/α,β-unsaturated/α-hetero) is 1. The number of hydrogen-bond acceptors (Lipinski definition) is 5. The van der Waals surface area contributed by atoms with Gasteiger partial charge in [-0.15, -0.1) is 0 Å². The number of alkyl halides is 3. The number of amides is 1. The minimum atomic E-state index is -4.66. The van der Waals surface area contributed by atoms with Crippen molar-refractivity contribution in [1.82, 2.24) is 15.0 Å². The Kier molecular flexibility index (Phi) is 7.90. The average Bonchev–Trinajstić information content (AvgIpc) is 2.97. The van der Waals surface area contributed by atoms with Crippen molar-refractivity contribution in [2.45, 2.75) is 26.4 Å². The summed E-state index contributed by atoms with van der Waals surface area (Å²) in [7, 11) is 0.